The van der Waals surface area contributed by atoms with Crippen LogP contribution in [0.4, 0.5) is 0 Å². The summed E-state index contributed by atoms with van der Waals surface area (Å²) in [6.07, 6.45) is 2.27. The zero-order valence-corrected chi connectivity index (χ0v) is 11.6. The summed E-state index contributed by atoms with van der Waals surface area (Å²) >= 11 is 7.36. The molecule has 0 aliphatic heterocycles. The number of hydrogen-bond acceptors (Lipinski definition) is 3. The van der Waals surface area contributed by atoms with E-state index in [9.17, 15) is 4.79 Å². The van der Waals surface area contributed by atoms with Gasteiger partial charge in [0, 0.05) is 16.8 Å². The molecule has 0 atom stereocenters. The molecule has 18 heavy (non-hydrogen) atoms. The maximum atomic E-state index is 11.4. The summed E-state index contributed by atoms with van der Waals surface area (Å²) in [6, 6.07) is 7.73. The van der Waals surface area contributed by atoms with E-state index < -0.39 is 0 Å². The van der Waals surface area contributed by atoms with E-state index in [1.807, 2.05) is 12.1 Å². The Balaban J connectivity index is 1.52. The third kappa shape index (κ3) is 5.19. The molecule has 1 N–H and O–H groups in total. The second-order valence-electron chi connectivity index (χ2n) is 4.20. The van der Waals surface area contributed by atoms with Crippen molar-refractivity contribution in [1.82, 2.24) is 5.32 Å². The molecule has 2 rings (SSSR count). The van der Waals surface area contributed by atoms with Crippen molar-refractivity contribution in [2.24, 2.45) is 0 Å². The molecular formula is C13H16ClNO2S. The molecule has 1 fully saturated rings. The van der Waals surface area contributed by atoms with Crippen molar-refractivity contribution in [2.75, 3.05) is 18.1 Å². The zero-order valence-electron chi connectivity index (χ0n) is 10.0. The van der Waals surface area contributed by atoms with Gasteiger partial charge in [-0.1, -0.05) is 11.6 Å². The van der Waals surface area contributed by atoms with Gasteiger partial charge in [-0.3, -0.25) is 4.79 Å². The highest BCUT2D eigenvalue weighted by atomic mass is 35.5. The Labute approximate surface area is 116 Å². The fourth-order valence-electron chi connectivity index (χ4n) is 1.41. The van der Waals surface area contributed by atoms with E-state index in [4.69, 9.17) is 16.3 Å². The summed E-state index contributed by atoms with van der Waals surface area (Å²) in [5.41, 5.74) is 0. The van der Waals surface area contributed by atoms with Crippen molar-refractivity contribution in [1.29, 1.82) is 0 Å². The topological polar surface area (TPSA) is 38.3 Å². The van der Waals surface area contributed by atoms with Crippen LogP contribution in [0.5, 0.6) is 5.75 Å². The van der Waals surface area contributed by atoms with Gasteiger partial charge in [0.05, 0.1) is 12.4 Å². The molecule has 1 amide bonds. The van der Waals surface area contributed by atoms with Gasteiger partial charge in [-0.15, -0.1) is 11.8 Å². The summed E-state index contributed by atoms with van der Waals surface area (Å²) in [4.78, 5) is 11.4. The molecule has 0 saturated heterocycles. The van der Waals surface area contributed by atoms with Crippen molar-refractivity contribution in [3.63, 3.8) is 0 Å². The fraction of sp³-hybridized carbons (Fsp3) is 0.462. The summed E-state index contributed by atoms with van der Waals surface area (Å²) in [7, 11) is 0. The van der Waals surface area contributed by atoms with Crippen molar-refractivity contribution in [3.05, 3.63) is 29.3 Å². The highest BCUT2D eigenvalue weighted by Crippen LogP contribution is 2.19. The predicted octanol–water partition coefficient (Wildman–Crippen LogP) is 2.73. The van der Waals surface area contributed by atoms with Crippen molar-refractivity contribution < 1.29 is 9.53 Å². The van der Waals surface area contributed by atoms with Gasteiger partial charge in [0.1, 0.15) is 5.75 Å². The quantitative estimate of drug-likeness (QED) is 0.783. The first kappa shape index (κ1) is 13.6. The Hall–Kier alpha value is -0.870. The third-order valence-corrected chi connectivity index (χ3v) is 3.66. The van der Waals surface area contributed by atoms with Crippen molar-refractivity contribution in [2.45, 2.75) is 18.9 Å². The molecule has 0 unspecified atom stereocenters. The largest absolute Gasteiger partial charge is 0.493 e. The van der Waals surface area contributed by atoms with Gasteiger partial charge in [-0.25, -0.2) is 0 Å². The molecule has 1 aromatic rings. The van der Waals surface area contributed by atoms with E-state index in [1.165, 1.54) is 0 Å². The second kappa shape index (κ2) is 6.90. The standard InChI is InChI=1S/C13H16ClNO2S/c14-10-1-5-12(6-2-10)17-7-8-18-9-13(16)15-11-3-4-11/h1-2,5-6,11H,3-4,7-9H2,(H,15,16). The second-order valence-corrected chi connectivity index (χ2v) is 5.74. The number of nitrogens with one attached hydrogen (secondary N) is 1. The number of hydrogen-bond donors (Lipinski definition) is 1. The van der Waals surface area contributed by atoms with Gasteiger partial charge in [0.15, 0.2) is 0 Å². The molecule has 98 valence electrons. The van der Waals surface area contributed by atoms with Crippen LogP contribution in [0, 0.1) is 0 Å². The minimum absolute atomic E-state index is 0.133. The van der Waals surface area contributed by atoms with Crippen LogP contribution >= 0.6 is 23.4 Å². The molecule has 1 saturated carbocycles. The Morgan fingerprint density at radius 1 is 1.39 bits per heavy atom. The number of rotatable bonds is 7. The lowest BCUT2D eigenvalue weighted by atomic mass is 10.3. The number of halogens is 1. The molecule has 1 aromatic carbocycles. The van der Waals surface area contributed by atoms with Crippen LogP contribution in [0.25, 0.3) is 0 Å². The normalized spacial score (nSPS) is 14.3. The lowest BCUT2D eigenvalue weighted by Crippen LogP contribution is -2.27. The van der Waals surface area contributed by atoms with E-state index in [-0.39, 0.29) is 5.91 Å². The fourth-order valence-corrected chi connectivity index (χ4v) is 2.15. The van der Waals surface area contributed by atoms with Gasteiger partial charge < -0.3 is 10.1 Å². The molecule has 0 heterocycles. The van der Waals surface area contributed by atoms with Crippen LogP contribution in [0.1, 0.15) is 12.8 Å². The monoisotopic (exact) mass is 285 g/mol. The lowest BCUT2D eigenvalue weighted by Gasteiger charge is -2.06. The van der Waals surface area contributed by atoms with E-state index in [0.717, 1.165) is 24.3 Å². The number of carbonyl (C=O) groups excluding carboxylic acids is 1. The summed E-state index contributed by atoms with van der Waals surface area (Å²) < 4.78 is 5.53. The molecule has 0 radical (unpaired) electrons. The van der Waals surface area contributed by atoms with Gasteiger partial charge in [-0.05, 0) is 37.1 Å². The molecule has 1 aliphatic carbocycles. The molecule has 0 bridgehead atoms. The lowest BCUT2D eigenvalue weighted by molar-refractivity contribution is -0.118. The molecule has 5 heteroatoms. The molecule has 1 aliphatic rings. The number of amides is 1. The van der Waals surface area contributed by atoms with Gasteiger partial charge in [0.25, 0.3) is 0 Å². The summed E-state index contributed by atoms with van der Waals surface area (Å²) in [5.74, 6) is 2.26. The number of ether oxygens (including phenoxy) is 1. The first-order chi connectivity index (χ1) is 8.74. The Bertz CT molecular complexity index is 392. The average molecular weight is 286 g/mol. The van der Waals surface area contributed by atoms with Crippen LogP contribution in [0.15, 0.2) is 24.3 Å². The highest BCUT2D eigenvalue weighted by Gasteiger charge is 2.22. The van der Waals surface area contributed by atoms with Crippen LogP contribution < -0.4 is 10.1 Å². The van der Waals surface area contributed by atoms with Crippen LogP contribution in [0.3, 0.4) is 0 Å². The van der Waals surface area contributed by atoms with Gasteiger partial charge >= 0.3 is 0 Å². The average Bonchev–Trinajstić information content (AvgIpc) is 3.15. The number of benzene rings is 1. The molecule has 0 spiro atoms. The van der Waals surface area contributed by atoms with Crippen LogP contribution in [-0.2, 0) is 4.79 Å². The van der Waals surface area contributed by atoms with Crippen LogP contribution in [-0.4, -0.2) is 30.1 Å². The van der Waals surface area contributed by atoms with Crippen LogP contribution in [0.2, 0.25) is 5.02 Å². The van der Waals surface area contributed by atoms with E-state index in [2.05, 4.69) is 5.32 Å². The van der Waals surface area contributed by atoms with E-state index in [0.29, 0.717) is 23.4 Å². The third-order valence-electron chi connectivity index (χ3n) is 2.49. The van der Waals surface area contributed by atoms with E-state index in [1.54, 1.807) is 23.9 Å². The minimum Gasteiger partial charge on any atom is -0.493 e. The molecule has 0 aromatic heterocycles. The highest BCUT2D eigenvalue weighted by molar-refractivity contribution is 7.99. The van der Waals surface area contributed by atoms with Crippen molar-refractivity contribution in [3.8, 4) is 5.75 Å². The smallest absolute Gasteiger partial charge is 0.230 e. The predicted molar refractivity (Wildman–Crippen MR) is 75.4 cm³/mol. The number of carbonyl (C=O) groups is 1. The van der Waals surface area contributed by atoms with E-state index >= 15 is 0 Å². The molecular weight excluding hydrogens is 270 g/mol. The summed E-state index contributed by atoms with van der Waals surface area (Å²) in [5, 5.41) is 3.66. The zero-order chi connectivity index (χ0) is 12.8. The van der Waals surface area contributed by atoms with Gasteiger partial charge in [-0.2, -0.15) is 0 Å². The maximum absolute atomic E-state index is 11.4. The molecule has 3 nitrogen and oxygen atoms in total. The Kier molecular flexibility index (Phi) is 5.20. The first-order valence-corrected chi connectivity index (χ1v) is 7.53. The Morgan fingerprint density at radius 3 is 2.78 bits per heavy atom. The van der Waals surface area contributed by atoms with Gasteiger partial charge in [0.2, 0.25) is 5.91 Å². The minimum atomic E-state index is 0.133. The van der Waals surface area contributed by atoms with Crippen molar-refractivity contribution >= 4 is 29.3 Å². The maximum Gasteiger partial charge on any atom is 0.230 e. The Morgan fingerprint density at radius 2 is 2.11 bits per heavy atom. The first-order valence-electron chi connectivity index (χ1n) is 5.99. The number of thioether (sulfide) groups is 1. The summed E-state index contributed by atoms with van der Waals surface area (Å²) in [6.45, 7) is 0.600. The SMILES string of the molecule is O=C(CSCCOc1ccc(Cl)cc1)NC1CC1.